The van der Waals surface area contributed by atoms with Crippen LogP contribution in [-0.4, -0.2) is 40.1 Å². The summed E-state index contributed by atoms with van der Waals surface area (Å²) in [4.78, 5) is 12.9. The number of amides is 1. The van der Waals surface area contributed by atoms with E-state index in [1.807, 2.05) is 19.1 Å². The van der Waals surface area contributed by atoms with E-state index in [9.17, 15) is 13.2 Å². The molecule has 0 radical (unpaired) electrons. The molecule has 1 heterocycles. The Morgan fingerprint density at radius 2 is 1.68 bits per heavy atom. The lowest BCUT2D eigenvalue weighted by Crippen LogP contribution is -2.45. The van der Waals surface area contributed by atoms with E-state index in [1.54, 1.807) is 24.3 Å². The minimum atomic E-state index is -4.08. The molecule has 0 saturated carbocycles. The second-order valence-electron chi connectivity index (χ2n) is 7.75. The molecule has 0 aromatic heterocycles. The summed E-state index contributed by atoms with van der Waals surface area (Å²) in [6.07, 6.45) is -0.415. The van der Waals surface area contributed by atoms with Gasteiger partial charge in [0, 0.05) is 10.0 Å². The van der Waals surface area contributed by atoms with Crippen molar-refractivity contribution in [1.29, 1.82) is 0 Å². The van der Waals surface area contributed by atoms with Crippen LogP contribution in [0, 0.1) is 6.92 Å². The summed E-state index contributed by atoms with van der Waals surface area (Å²) in [6.45, 7) is 1.78. The van der Waals surface area contributed by atoms with E-state index in [4.69, 9.17) is 32.7 Å². The Balaban J connectivity index is 1.52. The van der Waals surface area contributed by atoms with Crippen LogP contribution in [0.3, 0.4) is 0 Å². The van der Waals surface area contributed by atoms with Gasteiger partial charge in [0.1, 0.15) is 19.3 Å². The third-order valence-electron chi connectivity index (χ3n) is 5.13. The number of rotatable bonds is 7. The molecule has 1 atom stereocenters. The van der Waals surface area contributed by atoms with Gasteiger partial charge in [-0.05, 0) is 49.4 Å². The lowest BCUT2D eigenvalue weighted by atomic mass is 10.2. The van der Waals surface area contributed by atoms with Crippen molar-refractivity contribution in [2.75, 3.05) is 24.0 Å². The molecule has 10 heteroatoms. The largest absolute Gasteiger partial charge is 0.486 e. The third kappa shape index (κ3) is 5.58. The molecule has 4 rings (SSSR count). The fourth-order valence-corrected chi connectivity index (χ4v) is 5.33. The number of anilines is 1. The summed E-state index contributed by atoms with van der Waals surface area (Å²) < 4.78 is 39.4. The van der Waals surface area contributed by atoms with Gasteiger partial charge < -0.3 is 14.8 Å². The van der Waals surface area contributed by atoms with E-state index in [-0.39, 0.29) is 33.8 Å². The van der Waals surface area contributed by atoms with Gasteiger partial charge in [-0.25, -0.2) is 8.42 Å². The molecule has 34 heavy (non-hydrogen) atoms. The van der Waals surface area contributed by atoms with Crippen LogP contribution in [0.5, 0.6) is 11.5 Å². The first-order valence-corrected chi connectivity index (χ1v) is 12.6. The Bertz CT molecular complexity index is 1280. The fourth-order valence-electron chi connectivity index (χ4n) is 3.41. The molecule has 1 amide bonds. The van der Waals surface area contributed by atoms with Gasteiger partial charge in [-0.2, -0.15) is 0 Å². The van der Waals surface area contributed by atoms with E-state index in [1.165, 1.54) is 30.3 Å². The van der Waals surface area contributed by atoms with Crippen molar-refractivity contribution in [3.8, 4) is 11.5 Å². The first-order valence-electron chi connectivity index (χ1n) is 10.4. The average molecular weight is 521 g/mol. The number of aryl methyl sites for hydroxylation is 1. The van der Waals surface area contributed by atoms with Gasteiger partial charge in [0.2, 0.25) is 5.91 Å². The highest BCUT2D eigenvalue weighted by molar-refractivity contribution is 7.92. The highest BCUT2D eigenvalue weighted by Gasteiger charge is 2.28. The smallest absolute Gasteiger partial charge is 0.264 e. The minimum Gasteiger partial charge on any atom is -0.486 e. The summed E-state index contributed by atoms with van der Waals surface area (Å²) >= 11 is 12.2. The highest BCUT2D eigenvalue weighted by Crippen LogP contribution is 2.31. The van der Waals surface area contributed by atoms with Crippen LogP contribution >= 0.6 is 23.2 Å². The Kier molecular flexibility index (Phi) is 7.21. The molecular weight excluding hydrogens is 499 g/mol. The highest BCUT2D eigenvalue weighted by atomic mass is 35.5. The number of ether oxygens (including phenoxy) is 2. The number of hydrogen-bond donors (Lipinski definition) is 1. The van der Waals surface area contributed by atoms with Gasteiger partial charge in [-0.3, -0.25) is 9.10 Å². The molecule has 0 spiro atoms. The molecule has 1 aliphatic rings. The predicted molar refractivity (Wildman–Crippen MR) is 132 cm³/mol. The summed E-state index contributed by atoms with van der Waals surface area (Å²) in [5, 5.41) is 3.23. The van der Waals surface area contributed by atoms with Crippen LogP contribution < -0.4 is 19.1 Å². The number of carbonyl (C=O) groups excluding carboxylic acids is 1. The molecule has 7 nitrogen and oxygen atoms in total. The molecular formula is C24H22Cl2N2O5S. The number of hydrogen-bond acceptors (Lipinski definition) is 5. The third-order valence-corrected chi connectivity index (χ3v) is 7.35. The SMILES string of the molecule is Cc1ccc(S(=O)(=O)N(CC(=O)NC[C@@H]2COc3ccccc3O2)c2cc(Cl)cc(Cl)c2)cc1. The van der Waals surface area contributed by atoms with Crippen molar-refractivity contribution in [2.24, 2.45) is 0 Å². The van der Waals surface area contributed by atoms with Crippen LogP contribution in [0.1, 0.15) is 5.56 Å². The molecule has 0 bridgehead atoms. The first kappa shape index (κ1) is 24.2. The van der Waals surface area contributed by atoms with Crippen molar-refractivity contribution in [2.45, 2.75) is 17.9 Å². The van der Waals surface area contributed by atoms with E-state index >= 15 is 0 Å². The van der Waals surface area contributed by atoms with Crippen molar-refractivity contribution in [3.63, 3.8) is 0 Å². The number of fused-ring (bicyclic) bond motifs is 1. The molecule has 3 aromatic carbocycles. The Labute approximate surface area is 208 Å². The van der Waals surface area contributed by atoms with Gasteiger partial charge >= 0.3 is 0 Å². The number of nitrogens with one attached hydrogen (secondary N) is 1. The zero-order valence-electron chi connectivity index (χ0n) is 18.2. The number of para-hydroxylation sites is 2. The topological polar surface area (TPSA) is 84.9 Å². The van der Waals surface area contributed by atoms with Gasteiger partial charge in [0.05, 0.1) is 17.1 Å². The van der Waals surface area contributed by atoms with E-state index in [2.05, 4.69) is 5.32 Å². The van der Waals surface area contributed by atoms with Crippen LogP contribution in [0.15, 0.2) is 71.6 Å². The van der Waals surface area contributed by atoms with Gasteiger partial charge in [0.25, 0.3) is 10.0 Å². The average Bonchev–Trinajstić information content (AvgIpc) is 2.80. The second kappa shape index (κ2) is 10.1. The molecule has 1 aliphatic heterocycles. The molecule has 1 N–H and O–H groups in total. The van der Waals surface area contributed by atoms with E-state index < -0.39 is 28.6 Å². The Morgan fingerprint density at radius 3 is 2.35 bits per heavy atom. The maximum atomic E-state index is 13.5. The second-order valence-corrected chi connectivity index (χ2v) is 10.5. The lowest BCUT2D eigenvalue weighted by Gasteiger charge is -2.27. The van der Waals surface area contributed by atoms with Gasteiger partial charge in [-0.1, -0.05) is 53.0 Å². The van der Waals surface area contributed by atoms with E-state index in [0.29, 0.717) is 11.5 Å². The lowest BCUT2D eigenvalue weighted by molar-refractivity contribution is -0.120. The summed E-state index contributed by atoms with van der Waals surface area (Å²) in [7, 11) is -4.08. The molecule has 0 fully saturated rings. The van der Waals surface area contributed by atoms with Crippen LogP contribution in [0.2, 0.25) is 10.0 Å². The molecule has 0 unspecified atom stereocenters. The normalized spacial score (nSPS) is 15.0. The standard InChI is InChI=1S/C24H22Cl2N2O5S/c1-16-6-8-21(9-7-16)34(30,31)28(19-11-17(25)10-18(26)12-19)14-24(29)27-13-20-15-32-22-4-2-3-5-23(22)33-20/h2-12,20H,13-15H2,1H3,(H,27,29)/t20-/m1/s1. The number of sulfonamides is 1. The molecule has 0 saturated heterocycles. The first-order chi connectivity index (χ1) is 16.2. The minimum absolute atomic E-state index is 0.0441. The van der Waals surface area contributed by atoms with Crippen LogP contribution in [0.25, 0.3) is 0 Å². The van der Waals surface area contributed by atoms with E-state index in [0.717, 1.165) is 9.87 Å². The van der Waals surface area contributed by atoms with Crippen molar-refractivity contribution >= 4 is 44.8 Å². The van der Waals surface area contributed by atoms with Crippen molar-refractivity contribution in [3.05, 3.63) is 82.3 Å². The zero-order valence-corrected chi connectivity index (χ0v) is 20.5. The predicted octanol–water partition coefficient (Wildman–Crippen LogP) is 4.45. The number of nitrogens with zero attached hydrogens (tertiary/aromatic N) is 1. The Morgan fingerprint density at radius 1 is 1.03 bits per heavy atom. The van der Waals surface area contributed by atoms with Crippen LogP contribution in [0.4, 0.5) is 5.69 Å². The van der Waals surface area contributed by atoms with Gasteiger partial charge in [-0.15, -0.1) is 0 Å². The fraction of sp³-hybridized carbons (Fsp3) is 0.208. The maximum Gasteiger partial charge on any atom is 0.264 e. The summed E-state index contributed by atoms with van der Waals surface area (Å²) in [5.74, 6) is 0.706. The number of benzene rings is 3. The molecule has 178 valence electrons. The monoisotopic (exact) mass is 520 g/mol. The number of halogens is 2. The van der Waals surface area contributed by atoms with Gasteiger partial charge in [0.15, 0.2) is 11.5 Å². The van der Waals surface area contributed by atoms with Crippen molar-refractivity contribution in [1.82, 2.24) is 5.32 Å². The molecule has 0 aliphatic carbocycles. The Hall–Kier alpha value is -2.94. The summed E-state index contributed by atoms with van der Waals surface area (Å²) in [6, 6.07) is 18.0. The van der Waals surface area contributed by atoms with Crippen molar-refractivity contribution < 1.29 is 22.7 Å². The quantitative estimate of drug-likeness (QED) is 0.497. The summed E-state index contributed by atoms with van der Waals surface area (Å²) in [5.41, 5.74) is 1.09. The molecule has 3 aromatic rings. The van der Waals surface area contributed by atoms with Crippen LogP contribution in [-0.2, 0) is 14.8 Å². The number of carbonyl (C=O) groups is 1. The maximum absolute atomic E-state index is 13.5. The zero-order chi connectivity index (χ0) is 24.3.